The van der Waals surface area contributed by atoms with Gasteiger partial charge in [-0.1, -0.05) is 18.2 Å². The number of methoxy groups -OCH3 is 1. The van der Waals surface area contributed by atoms with Crippen LogP contribution in [0, 0.1) is 6.92 Å². The van der Waals surface area contributed by atoms with Gasteiger partial charge in [-0.3, -0.25) is 9.59 Å². The molecule has 0 saturated carbocycles. The summed E-state index contributed by atoms with van der Waals surface area (Å²) in [6, 6.07) is 21.5. The molecule has 0 saturated heterocycles. The average Bonchev–Trinajstić information content (AvgIpc) is 2.73. The van der Waals surface area contributed by atoms with Gasteiger partial charge in [-0.15, -0.1) is 0 Å². The number of hydrogen-bond acceptors (Lipinski definition) is 4. The summed E-state index contributed by atoms with van der Waals surface area (Å²) in [6.45, 7) is 1.86. The standard InChI is InChI=1S/C23H22N2O4/c1-16-5-3-8-21(13-16)29-19-11-9-18(10-12-19)25-22(26)15-24-23(27)17-6-4-7-20(14-17)28-2/h3-14H,15H2,1-2H3,(H,24,27)(H,25,26). The molecule has 2 amide bonds. The maximum Gasteiger partial charge on any atom is 0.251 e. The Morgan fingerprint density at radius 3 is 2.31 bits per heavy atom. The number of hydrogen-bond donors (Lipinski definition) is 2. The summed E-state index contributed by atoms with van der Waals surface area (Å²) in [4.78, 5) is 24.3. The lowest BCUT2D eigenvalue weighted by molar-refractivity contribution is -0.115. The molecule has 0 aliphatic heterocycles. The average molecular weight is 390 g/mol. The van der Waals surface area contributed by atoms with E-state index in [1.54, 1.807) is 48.5 Å². The molecular weight excluding hydrogens is 368 g/mol. The van der Waals surface area contributed by atoms with Crippen LogP contribution >= 0.6 is 0 Å². The highest BCUT2D eigenvalue weighted by Gasteiger charge is 2.09. The smallest absolute Gasteiger partial charge is 0.251 e. The Balaban J connectivity index is 1.50. The summed E-state index contributed by atoms with van der Waals surface area (Å²) in [5.74, 6) is 1.33. The normalized spacial score (nSPS) is 10.1. The van der Waals surface area contributed by atoms with Gasteiger partial charge in [0.25, 0.3) is 5.91 Å². The first-order chi connectivity index (χ1) is 14.0. The highest BCUT2D eigenvalue weighted by atomic mass is 16.5. The van der Waals surface area contributed by atoms with Crippen LogP contribution in [0.1, 0.15) is 15.9 Å². The molecule has 3 rings (SSSR count). The molecule has 3 aromatic rings. The fraction of sp³-hybridized carbons (Fsp3) is 0.130. The number of aryl methyl sites for hydroxylation is 1. The minimum Gasteiger partial charge on any atom is -0.497 e. The maximum atomic E-state index is 12.1. The Bertz CT molecular complexity index is 1000. The Labute approximate surface area is 169 Å². The van der Waals surface area contributed by atoms with E-state index in [1.807, 2.05) is 31.2 Å². The SMILES string of the molecule is COc1cccc(C(=O)NCC(=O)Nc2ccc(Oc3cccc(C)c3)cc2)c1. The van der Waals surface area contributed by atoms with Crippen molar-refractivity contribution in [2.45, 2.75) is 6.92 Å². The molecule has 0 aliphatic rings. The third-order valence-corrected chi connectivity index (χ3v) is 4.10. The van der Waals surface area contributed by atoms with Gasteiger partial charge in [0, 0.05) is 11.3 Å². The van der Waals surface area contributed by atoms with Crippen LogP contribution in [0.15, 0.2) is 72.8 Å². The van der Waals surface area contributed by atoms with E-state index in [4.69, 9.17) is 9.47 Å². The maximum absolute atomic E-state index is 12.1. The number of carbonyl (C=O) groups is 2. The van der Waals surface area contributed by atoms with Crippen LogP contribution < -0.4 is 20.1 Å². The Morgan fingerprint density at radius 2 is 1.59 bits per heavy atom. The first-order valence-corrected chi connectivity index (χ1v) is 9.10. The van der Waals surface area contributed by atoms with Gasteiger partial charge in [-0.2, -0.15) is 0 Å². The van der Waals surface area contributed by atoms with Gasteiger partial charge in [0.15, 0.2) is 0 Å². The second-order valence-electron chi connectivity index (χ2n) is 6.41. The van der Waals surface area contributed by atoms with Crippen molar-refractivity contribution < 1.29 is 19.1 Å². The zero-order chi connectivity index (χ0) is 20.6. The Hall–Kier alpha value is -3.80. The van der Waals surface area contributed by atoms with Gasteiger partial charge in [0.1, 0.15) is 17.2 Å². The lowest BCUT2D eigenvalue weighted by atomic mass is 10.2. The Kier molecular flexibility index (Phi) is 6.47. The number of ether oxygens (including phenoxy) is 2. The van der Waals surface area contributed by atoms with Crippen LogP contribution in [0.25, 0.3) is 0 Å². The molecule has 6 heteroatoms. The lowest BCUT2D eigenvalue weighted by Crippen LogP contribution is -2.32. The van der Waals surface area contributed by atoms with Crippen molar-refractivity contribution in [2.75, 3.05) is 19.0 Å². The number of anilines is 1. The number of benzene rings is 3. The largest absolute Gasteiger partial charge is 0.497 e. The van der Waals surface area contributed by atoms with Crippen molar-refractivity contribution in [3.63, 3.8) is 0 Å². The van der Waals surface area contributed by atoms with E-state index in [0.29, 0.717) is 22.7 Å². The molecule has 0 fully saturated rings. The minimum absolute atomic E-state index is 0.141. The van der Waals surface area contributed by atoms with E-state index in [2.05, 4.69) is 10.6 Å². The monoisotopic (exact) mass is 390 g/mol. The number of rotatable bonds is 7. The van der Waals surface area contributed by atoms with E-state index in [-0.39, 0.29) is 18.4 Å². The molecule has 3 aromatic carbocycles. The van der Waals surface area contributed by atoms with Crippen LogP contribution in [0.2, 0.25) is 0 Å². The molecule has 0 bridgehead atoms. The number of nitrogens with one attached hydrogen (secondary N) is 2. The zero-order valence-corrected chi connectivity index (χ0v) is 16.3. The second kappa shape index (κ2) is 9.41. The van der Waals surface area contributed by atoms with E-state index in [0.717, 1.165) is 11.3 Å². The fourth-order valence-electron chi connectivity index (χ4n) is 2.65. The predicted octanol–water partition coefficient (Wildman–Crippen LogP) is 4.16. The summed E-state index contributed by atoms with van der Waals surface area (Å²) in [7, 11) is 1.53. The van der Waals surface area contributed by atoms with Crippen molar-refractivity contribution in [1.29, 1.82) is 0 Å². The van der Waals surface area contributed by atoms with Crippen LogP contribution in [-0.4, -0.2) is 25.5 Å². The van der Waals surface area contributed by atoms with E-state index in [1.165, 1.54) is 7.11 Å². The molecule has 0 aromatic heterocycles. The van der Waals surface area contributed by atoms with Gasteiger partial charge in [0.05, 0.1) is 13.7 Å². The highest BCUT2D eigenvalue weighted by Crippen LogP contribution is 2.23. The third-order valence-electron chi connectivity index (χ3n) is 4.10. The molecule has 0 unspecified atom stereocenters. The van der Waals surface area contributed by atoms with Gasteiger partial charge in [0.2, 0.25) is 5.91 Å². The van der Waals surface area contributed by atoms with Crippen LogP contribution in [0.5, 0.6) is 17.2 Å². The van der Waals surface area contributed by atoms with Crippen molar-refractivity contribution in [3.05, 3.63) is 83.9 Å². The van der Waals surface area contributed by atoms with E-state index >= 15 is 0 Å². The highest BCUT2D eigenvalue weighted by molar-refractivity contribution is 5.99. The van der Waals surface area contributed by atoms with Gasteiger partial charge >= 0.3 is 0 Å². The van der Waals surface area contributed by atoms with Gasteiger partial charge < -0.3 is 20.1 Å². The summed E-state index contributed by atoms with van der Waals surface area (Å²) in [5.41, 5.74) is 2.15. The van der Waals surface area contributed by atoms with Crippen molar-refractivity contribution in [1.82, 2.24) is 5.32 Å². The summed E-state index contributed by atoms with van der Waals surface area (Å²) in [6.07, 6.45) is 0. The molecule has 6 nitrogen and oxygen atoms in total. The van der Waals surface area contributed by atoms with E-state index < -0.39 is 0 Å². The van der Waals surface area contributed by atoms with E-state index in [9.17, 15) is 9.59 Å². The van der Waals surface area contributed by atoms with Gasteiger partial charge in [-0.25, -0.2) is 0 Å². The van der Waals surface area contributed by atoms with Crippen LogP contribution in [0.4, 0.5) is 5.69 Å². The van der Waals surface area contributed by atoms with Crippen LogP contribution in [0.3, 0.4) is 0 Å². The lowest BCUT2D eigenvalue weighted by Gasteiger charge is -2.09. The van der Waals surface area contributed by atoms with Crippen molar-refractivity contribution >= 4 is 17.5 Å². The molecule has 0 atom stereocenters. The topological polar surface area (TPSA) is 76.7 Å². The van der Waals surface area contributed by atoms with Crippen molar-refractivity contribution in [3.8, 4) is 17.2 Å². The fourth-order valence-corrected chi connectivity index (χ4v) is 2.65. The molecule has 0 aliphatic carbocycles. The Morgan fingerprint density at radius 1 is 0.862 bits per heavy atom. The second-order valence-corrected chi connectivity index (χ2v) is 6.41. The molecule has 0 spiro atoms. The number of carbonyl (C=O) groups excluding carboxylic acids is 2. The number of amides is 2. The van der Waals surface area contributed by atoms with Gasteiger partial charge in [-0.05, 0) is 67.1 Å². The van der Waals surface area contributed by atoms with Crippen molar-refractivity contribution in [2.24, 2.45) is 0 Å². The summed E-state index contributed by atoms with van der Waals surface area (Å²) >= 11 is 0. The summed E-state index contributed by atoms with van der Waals surface area (Å²) < 4.78 is 10.9. The molecule has 2 N–H and O–H groups in total. The minimum atomic E-state index is -0.346. The first-order valence-electron chi connectivity index (χ1n) is 9.10. The molecule has 148 valence electrons. The van der Waals surface area contributed by atoms with Crippen LogP contribution in [-0.2, 0) is 4.79 Å². The third kappa shape index (κ3) is 5.84. The quantitative estimate of drug-likeness (QED) is 0.635. The zero-order valence-electron chi connectivity index (χ0n) is 16.3. The molecule has 29 heavy (non-hydrogen) atoms. The molecule has 0 radical (unpaired) electrons. The molecular formula is C23H22N2O4. The summed E-state index contributed by atoms with van der Waals surface area (Å²) in [5, 5.41) is 5.33. The predicted molar refractivity (Wildman–Crippen MR) is 112 cm³/mol. The molecule has 0 heterocycles. The first kappa shape index (κ1) is 19.9.